The van der Waals surface area contributed by atoms with Crippen LogP contribution in [0.15, 0.2) is 0 Å². The summed E-state index contributed by atoms with van der Waals surface area (Å²) in [5, 5.41) is 0. The van der Waals surface area contributed by atoms with E-state index in [9.17, 15) is 14.4 Å². The Hall–Kier alpha value is -1.63. The lowest BCUT2D eigenvalue weighted by Crippen LogP contribution is -2.44. The Bertz CT molecular complexity index is 503. The van der Waals surface area contributed by atoms with Crippen molar-refractivity contribution in [3.63, 3.8) is 0 Å². The predicted octanol–water partition coefficient (Wildman–Crippen LogP) is 7.84. The molecule has 0 amide bonds. The van der Waals surface area contributed by atoms with Gasteiger partial charge in [-0.05, 0) is 47.0 Å². The molecule has 0 saturated carbocycles. The summed E-state index contributed by atoms with van der Waals surface area (Å²) in [5.74, 6) is -1.30. The van der Waals surface area contributed by atoms with Gasteiger partial charge < -0.3 is 18.9 Å². The molecule has 7 heteroatoms. The Morgan fingerprint density at radius 3 is 1.29 bits per heavy atom. The van der Waals surface area contributed by atoms with Gasteiger partial charge >= 0.3 is 17.9 Å². The zero-order valence-corrected chi connectivity index (χ0v) is 17.4. The number of hydrogen-bond acceptors (Lipinski definition) is 7. The SMILES string of the molecule is C.C.C.C.C.C.C.C.CCC(C)(CC(C)(CC(C)(C)C(=O)OCCOC)C(=O)OC)C(=O)OC. The normalized spacial score (nSPS) is 12.4. The Kier molecular flexibility index (Phi) is 42.0. The molecule has 0 radical (unpaired) electrons. The van der Waals surface area contributed by atoms with Gasteiger partial charge in [0, 0.05) is 7.11 Å². The first-order valence-corrected chi connectivity index (χ1v) is 8.75. The molecule has 0 saturated heterocycles. The summed E-state index contributed by atoms with van der Waals surface area (Å²) in [5.41, 5.74) is -2.87. The third kappa shape index (κ3) is 16.1. The highest BCUT2D eigenvalue weighted by molar-refractivity contribution is 5.82. The van der Waals surface area contributed by atoms with Crippen molar-refractivity contribution in [1.29, 1.82) is 0 Å². The second-order valence-electron chi connectivity index (χ2n) is 7.82. The molecule has 2 unspecified atom stereocenters. The molecule has 0 aromatic rings. The lowest BCUT2D eigenvalue weighted by molar-refractivity contribution is -0.166. The molecule has 0 aliphatic heterocycles. The van der Waals surface area contributed by atoms with Gasteiger partial charge in [0.25, 0.3) is 0 Å². The van der Waals surface area contributed by atoms with Crippen LogP contribution in [0.1, 0.15) is 113 Å². The molecule has 0 aromatic heterocycles. The molecular weight excluding hydrogens is 436 g/mol. The highest BCUT2D eigenvalue weighted by Gasteiger charge is 2.49. The maximum Gasteiger partial charge on any atom is 0.311 e. The van der Waals surface area contributed by atoms with Gasteiger partial charge in [0.2, 0.25) is 0 Å². The van der Waals surface area contributed by atoms with Crippen molar-refractivity contribution in [1.82, 2.24) is 0 Å². The lowest BCUT2D eigenvalue weighted by atomic mass is 9.65. The fourth-order valence-electron chi connectivity index (χ4n) is 3.36. The number of hydrogen-bond donors (Lipinski definition) is 0. The quantitative estimate of drug-likeness (QED) is 0.161. The zero-order chi connectivity index (χ0) is 20.6. The molecule has 0 rings (SSSR count). The van der Waals surface area contributed by atoms with Crippen molar-refractivity contribution in [3.8, 4) is 0 Å². The number of rotatable bonds is 11. The smallest absolute Gasteiger partial charge is 0.311 e. The molecule has 216 valence electrons. The van der Waals surface area contributed by atoms with E-state index in [0.717, 1.165) is 0 Å². The third-order valence-electron chi connectivity index (χ3n) is 4.82. The van der Waals surface area contributed by atoms with E-state index in [1.807, 2.05) is 6.92 Å². The Morgan fingerprint density at radius 1 is 0.588 bits per heavy atom. The number of carbonyl (C=O) groups is 3. The molecule has 0 spiro atoms. The zero-order valence-electron chi connectivity index (χ0n) is 17.4. The molecule has 0 aromatic carbocycles. The molecular formula is C27H66O7. The number of ether oxygens (including phenoxy) is 4. The first-order chi connectivity index (χ1) is 11.9. The van der Waals surface area contributed by atoms with Gasteiger partial charge in [-0.3, -0.25) is 14.4 Å². The van der Waals surface area contributed by atoms with Gasteiger partial charge in [0.1, 0.15) is 6.61 Å². The summed E-state index contributed by atoms with van der Waals surface area (Å²) in [6.45, 7) is 9.19. The van der Waals surface area contributed by atoms with Gasteiger partial charge in [-0.2, -0.15) is 0 Å². The Balaban J connectivity index is -0.000000112. The van der Waals surface area contributed by atoms with Crippen molar-refractivity contribution in [2.75, 3.05) is 34.5 Å². The largest absolute Gasteiger partial charge is 0.469 e. The van der Waals surface area contributed by atoms with E-state index < -0.39 is 34.2 Å². The van der Waals surface area contributed by atoms with E-state index >= 15 is 0 Å². The first kappa shape index (κ1) is 58.3. The van der Waals surface area contributed by atoms with E-state index in [4.69, 9.17) is 18.9 Å². The second kappa shape index (κ2) is 24.5. The van der Waals surface area contributed by atoms with Gasteiger partial charge in [0.15, 0.2) is 0 Å². The minimum atomic E-state index is -1.06. The van der Waals surface area contributed by atoms with Gasteiger partial charge in [-0.15, -0.1) is 0 Å². The first-order valence-electron chi connectivity index (χ1n) is 8.75. The number of methoxy groups -OCH3 is 3. The van der Waals surface area contributed by atoms with Crippen LogP contribution in [0, 0.1) is 16.2 Å². The van der Waals surface area contributed by atoms with E-state index in [1.54, 1.807) is 27.7 Å². The van der Waals surface area contributed by atoms with Crippen LogP contribution in [-0.2, 0) is 33.3 Å². The molecule has 0 aliphatic rings. The van der Waals surface area contributed by atoms with Gasteiger partial charge in [0.05, 0.1) is 37.1 Å². The van der Waals surface area contributed by atoms with Gasteiger partial charge in [-0.1, -0.05) is 66.3 Å². The summed E-state index contributed by atoms with van der Waals surface area (Å²) >= 11 is 0. The minimum absolute atomic E-state index is 0. The average molecular weight is 503 g/mol. The number of esters is 3. The Morgan fingerprint density at radius 2 is 0.971 bits per heavy atom. The fourth-order valence-corrected chi connectivity index (χ4v) is 3.36. The van der Waals surface area contributed by atoms with Crippen molar-refractivity contribution < 1.29 is 33.3 Å². The molecule has 0 fully saturated rings. The monoisotopic (exact) mass is 502 g/mol. The third-order valence-corrected chi connectivity index (χ3v) is 4.82. The molecule has 0 N–H and O–H groups in total. The molecule has 0 aliphatic carbocycles. The van der Waals surface area contributed by atoms with E-state index in [2.05, 4.69) is 0 Å². The van der Waals surface area contributed by atoms with Crippen LogP contribution in [-0.4, -0.2) is 52.5 Å². The van der Waals surface area contributed by atoms with E-state index in [-0.39, 0.29) is 78.9 Å². The lowest BCUT2D eigenvalue weighted by Gasteiger charge is -2.39. The maximum atomic E-state index is 12.6. The summed E-state index contributed by atoms with van der Waals surface area (Å²) < 4.78 is 20.0. The molecule has 34 heavy (non-hydrogen) atoms. The van der Waals surface area contributed by atoms with Crippen LogP contribution < -0.4 is 0 Å². The molecule has 0 heterocycles. The highest BCUT2D eigenvalue weighted by Crippen LogP contribution is 2.45. The predicted molar refractivity (Wildman–Crippen MR) is 150 cm³/mol. The van der Waals surface area contributed by atoms with E-state index in [0.29, 0.717) is 13.0 Å². The number of carbonyl (C=O) groups excluding carboxylic acids is 3. The van der Waals surface area contributed by atoms with Crippen molar-refractivity contribution in [3.05, 3.63) is 0 Å². The van der Waals surface area contributed by atoms with Gasteiger partial charge in [-0.25, -0.2) is 0 Å². The summed E-state index contributed by atoms with van der Waals surface area (Å²) in [6.07, 6.45) is 0.862. The minimum Gasteiger partial charge on any atom is -0.469 e. The standard InChI is InChI=1S/C19H34O7.8CH4/c1-9-18(4,15(21)24-7)13-19(5,16(22)25-8)12-17(2,3)14(20)26-11-10-23-6;;;;;;;;/h9-13H2,1-8H3;8*1H4. The molecule has 0 bridgehead atoms. The summed E-state index contributed by atoms with van der Waals surface area (Å²) in [7, 11) is 4.14. The van der Waals surface area contributed by atoms with Crippen LogP contribution in [0.5, 0.6) is 0 Å². The summed E-state index contributed by atoms with van der Waals surface area (Å²) in [6, 6.07) is 0. The van der Waals surface area contributed by atoms with Crippen molar-refractivity contribution in [2.24, 2.45) is 16.2 Å². The van der Waals surface area contributed by atoms with E-state index in [1.165, 1.54) is 21.3 Å². The highest BCUT2D eigenvalue weighted by atomic mass is 16.6. The van der Waals surface area contributed by atoms with Crippen LogP contribution in [0.25, 0.3) is 0 Å². The van der Waals surface area contributed by atoms with Crippen LogP contribution >= 0.6 is 0 Å². The average Bonchev–Trinajstić information content (AvgIpc) is 2.59. The van der Waals surface area contributed by atoms with Crippen LogP contribution in [0.3, 0.4) is 0 Å². The maximum absolute atomic E-state index is 12.6. The van der Waals surface area contributed by atoms with Crippen molar-refractivity contribution in [2.45, 2.75) is 113 Å². The molecule has 7 nitrogen and oxygen atoms in total. The molecule has 2 atom stereocenters. The van der Waals surface area contributed by atoms with Crippen LogP contribution in [0.2, 0.25) is 0 Å². The second-order valence-corrected chi connectivity index (χ2v) is 7.82. The van der Waals surface area contributed by atoms with Crippen LogP contribution in [0.4, 0.5) is 0 Å². The fraction of sp³-hybridized carbons (Fsp3) is 0.889. The Labute approximate surface area is 215 Å². The summed E-state index contributed by atoms with van der Waals surface area (Å²) in [4.78, 5) is 37.2. The van der Waals surface area contributed by atoms with Crippen molar-refractivity contribution >= 4 is 17.9 Å². The topological polar surface area (TPSA) is 88.1 Å².